The molecule has 4 aromatic rings. The predicted octanol–water partition coefficient (Wildman–Crippen LogP) is 6.58. The first-order valence-electron chi connectivity index (χ1n) is 13.0. The minimum absolute atomic E-state index is 0.115. The van der Waals surface area contributed by atoms with Crippen LogP contribution in [0, 0.1) is 9.39 Å². The second-order valence-corrected chi connectivity index (χ2v) is 11.7. The van der Waals surface area contributed by atoms with E-state index in [1.807, 2.05) is 12.1 Å². The molecule has 2 aromatic heterocycles. The van der Waals surface area contributed by atoms with E-state index in [1.54, 1.807) is 12.1 Å². The third-order valence-corrected chi connectivity index (χ3v) is 8.38. The summed E-state index contributed by atoms with van der Waals surface area (Å²) < 4.78 is 29.2. The number of aromatic nitrogens is 3. The smallest absolute Gasteiger partial charge is 0.213 e. The molecule has 0 aliphatic carbocycles. The number of nitrogens with zero attached hydrogens (tertiary/aromatic N) is 4. The standard InChI is InChI=1S/C29H29ClFIN4O2/c30-21-5-4-20(24(31)14-21)18-38-29-3-1-2-25(34-29)19-8-11-35(12-9-19)17-28-33-26-7-6-22(32)15-27(26)36(28)16-23-10-13-37-23/h1-7,14-15,19,23H,8-13,16-18H2/t23-/m0/s1. The molecule has 6 rings (SSSR count). The minimum Gasteiger partial charge on any atom is -0.473 e. The average molecular weight is 647 g/mol. The van der Waals surface area contributed by atoms with Crippen molar-refractivity contribution in [3.05, 3.63) is 86.1 Å². The third-order valence-electron chi connectivity index (χ3n) is 7.48. The number of hydrogen-bond acceptors (Lipinski definition) is 5. The van der Waals surface area contributed by atoms with Gasteiger partial charge in [-0.2, -0.15) is 0 Å². The molecule has 0 amide bonds. The Hall–Kier alpha value is -2.27. The molecule has 198 valence electrons. The normalized spacial score (nSPS) is 18.6. The second kappa shape index (κ2) is 11.5. The van der Waals surface area contributed by atoms with Gasteiger partial charge < -0.3 is 14.0 Å². The summed E-state index contributed by atoms with van der Waals surface area (Å²) in [5.41, 5.74) is 3.73. The van der Waals surface area contributed by atoms with Gasteiger partial charge in [0.05, 0.1) is 30.2 Å². The van der Waals surface area contributed by atoms with Crippen molar-refractivity contribution in [3.63, 3.8) is 0 Å². The van der Waals surface area contributed by atoms with Crippen LogP contribution in [0.25, 0.3) is 11.0 Å². The number of pyridine rings is 1. The van der Waals surface area contributed by atoms with Crippen molar-refractivity contribution in [2.45, 2.75) is 51.0 Å². The Kier molecular flexibility index (Phi) is 7.83. The summed E-state index contributed by atoms with van der Waals surface area (Å²) in [7, 11) is 0. The lowest BCUT2D eigenvalue weighted by Gasteiger charge is -2.32. The molecule has 38 heavy (non-hydrogen) atoms. The van der Waals surface area contributed by atoms with Gasteiger partial charge in [-0.25, -0.2) is 14.4 Å². The van der Waals surface area contributed by atoms with Crippen LogP contribution in [0.5, 0.6) is 5.88 Å². The molecule has 0 spiro atoms. The Balaban J connectivity index is 1.09. The maximum absolute atomic E-state index is 14.1. The molecule has 1 atom stereocenters. The lowest BCUT2D eigenvalue weighted by molar-refractivity contribution is -0.0592. The van der Waals surface area contributed by atoms with E-state index in [-0.39, 0.29) is 18.5 Å². The molecular weight excluding hydrogens is 618 g/mol. The number of halogens is 3. The Morgan fingerprint density at radius 1 is 1.05 bits per heavy atom. The molecule has 4 heterocycles. The van der Waals surface area contributed by atoms with E-state index in [2.05, 4.69) is 56.3 Å². The van der Waals surface area contributed by atoms with Gasteiger partial charge in [0.25, 0.3) is 0 Å². The van der Waals surface area contributed by atoms with Crippen molar-refractivity contribution in [2.75, 3.05) is 19.7 Å². The summed E-state index contributed by atoms with van der Waals surface area (Å²) in [6, 6.07) is 16.9. The van der Waals surface area contributed by atoms with Crippen LogP contribution in [0.4, 0.5) is 4.39 Å². The zero-order valence-electron chi connectivity index (χ0n) is 21.0. The largest absolute Gasteiger partial charge is 0.473 e. The van der Waals surface area contributed by atoms with Gasteiger partial charge >= 0.3 is 0 Å². The molecule has 2 fully saturated rings. The molecule has 0 saturated carbocycles. The molecule has 9 heteroatoms. The van der Waals surface area contributed by atoms with Gasteiger partial charge in [0.1, 0.15) is 18.2 Å². The summed E-state index contributed by atoms with van der Waals surface area (Å²) in [5, 5.41) is 0.372. The molecule has 2 aliphatic heterocycles. The van der Waals surface area contributed by atoms with Crippen LogP contribution in [-0.4, -0.2) is 45.2 Å². The number of rotatable bonds is 8. The molecule has 0 radical (unpaired) electrons. The highest BCUT2D eigenvalue weighted by Gasteiger charge is 2.26. The van der Waals surface area contributed by atoms with Crippen molar-refractivity contribution < 1.29 is 13.9 Å². The van der Waals surface area contributed by atoms with Gasteiger partial charge in [0.15, 0.2) is 0 Å². The Morgan fingerprint density at radius 2 is 1.89 bits per heavy atom. The number of piperidine rings is 1. The van der Waals surface area contributed by atoms with Gasteiger partial charge in [0, 0.05) is 38.4 Å². The van der Waals surface area contributed by atoms with Gasteiger partial charge in [-0.3, -0.25) is 4.90 Å². The summed E-state index contributed by atoms with van der Waals surface area (Å²) in [6.45, 7) is 4.62. The van der Waals surface area contributed by atoms with Crippen LogP contribution >= 0.6 is 34.2 Å². The maximum Gasteiger partial charge on any atom is 0.213 e. The van der Waals surface area contributed by atoms with E-state index in [0.29, 0.717) is 22.4 Å². The highest BCUT2D eigenvalue weighted by atomic mass is 127. The lowest BCUT2D eigenvalue weighted by Crippen LogP contribution is -2.35. The van der Waals surface area contributed by atoms with Gasteiger partial charge in [-0.05, 0) is 91.3 Å². The van der Waals surface area contributed by atoms with E-state index in [9.17, 15) is 4.39 Å². The number of fused-ring (bicyclic) bond motifs is 1. The monoisotopic (exact) mass is 646 g/mol. The van der Waals surface area contributed by atoms with E-state index >= 15 is 0 Å². The molecular formula is C29H29ClFIN4O2. The Bertz CT molecular complexity index is 1440. The highest BCUT2D eigenvalue weighted by molar-refractivity contribution is 14.1. The molecule has 6 nitrogen and oxygen atoms in total. The topological polar surface area (TPSA) is 52.4 Å². The van der Waals surface area contributed by atoms with Crippen LogP contribution in [0.3, 0.4) is 0 Å². The molecule has 0 bridgehead atoms. The van der Waals surface area contributed by atoms with Crippen LogP contribution in [0.15, 0.2) is 54.6 Å². The minimum atomic E-state index is -0.371. The van der Waals surface area contributed by atoms with Crippen LogP contribution in [-0.2, 0) is 24.4 Å². The van der Waals surface area contributed by atoms with E-state index in [0.717, 1.165) is 69.1 Å². The Morgan fingerprint density at radius 3 is 2.66 bits per heavy atom. The highest BCUT2D eigenvalue weighted by Crippen LogP contribution is 2.30. The molecule has 0 N–H and O–H groups in total. The van der Waals surface area contributed by atoms with E-state index in [1.165, 1.54) is 15.2 Å². The summed E-state index contributed by atoms with van der Waals surface area (Å²) in [5.74, 6) is 1.62. The first-order valence-corrected chi connectivity index (χ1v) is 14.5. The van der Waals surface area contributed by atoms with Crippen molar-refractivity contribution in [1.29, 1.82) is 0 Å². The average Bonchev–Trinajstić information content (AvgIpc) is 3.22. The van der Waals surface area contributed by atoms with Crippen molar-refractivity contribution >= 4 is 45.2 Å². The SMILES string of the molecule is Fc1cc(Cl)ccc1COc1cccc(C2CCN(Cc3nc4ccc(I)cc4n3C[C@@H]3CCO3)CC2)n1. The lowest BCUT2D eigenvalue weighted by atomic mass is 9.93. The summed E-state index contributed by atoms with van der Waals surface area (Å²) in [6.07, 6.45) is 3.43. The van der Waals surface area contributed by atoms with Crippen molar-refractivity contribution in [1.82, 2.24) is 19.4 Å². The quantitative estimate of drug-likeness (QED) is 0.203. The molecule has 2 aromatic carbocycles. The molecule has 2 aliphatic rings. The number of imidazole rings is 1. The summed E-state index contributed by atoms with van der Waals surface area (Å²) in [4.78, 5) is 12.2. The first-order chi connectivity index (χ1) is 18.5. The van der Waals surface area contributed by atoms with E-state index in [4.69, 9.17) is 31.0 Å². The number of likely N-dealkylation sites (tertiary alicyclic amines) is 1. The fraction of sp³-hybridized carbons (Fsp3) is 0.379. The number of hydrogen-bond donors (Lipinski definition) is 0. The number of ether oxygens (including phenoxy) is 2. The summed E-state index contributed by atoms with van der Waals surface area (Å²) >= 11 is 8.22. The first kappa shape index (κ1) is 26.0. The molecule has 2 saturated heterocycles. The molecule has 0 unspecified atom stereocenters. The fourth-order valence-electron chi connectivity index (χ4n) is 5.22. The number of benzene rings is 2. The Labute approximate surface area is 240 Å². The zero-order valence-corrected chi connectivity index (χ0v) is 23.9. The van der Waals surface area contributed by atoms with Gasteiger partial charge in [-0.1, -0.05) is 23.7 Å². The van der Waals surface area contributed by atoms with Crippen molar-refractivity contribution in [2.24, 2.45) is 0 Å². The second-order valence-electron chi connectivity index (χ2n) is 10.0. The van der Waals surface area contributed by atoms with Gasteiger partial charge in [-0.15, -0.1) is 0 Å². The third kappa shape index (κ3) is 5.83. The van der Waals surface area contributed by atoms with Crippen LogP contribution in [0.2, 0.25) is 5.02 Å². The maximum atomic E-state index is 14.1. The predicted molar refractivity (Wildman–Crippen MR) is 154 cm³/mol. The van der Waals surface area contributed by atoms with Crippen LogP contribution < -0.4 is 4.74 Å². The van der Waals surface area contributed by atoms with E-state index < -0.39 is 0 Å². The van der Waals surface area contributed by atoms with Crippen molar-refractivity contribution in [3.8, 4) is 5.88 Å². The zero-order chi connectivity index (χ0) is 26.1. The van der Waals surface area contributed by atoms with Crippen LogP contribution in [0.1, 0.15) is 42.3 Å². The van der Waals surface area contributed by atoms with Gasteiger partial charge in [0.2, 0.25) is 5.88 Å². The fourth-order valence-corrected chi connectivity index (χ4v) is 5.85.